The van der Waals surface area contributed by atoms with Crippen molar-refractivity contribution in [2.24, 2.45) is 0 Å². The zero-order valence-electron chi connectivity index (χ0n) is 18.2. The molecule has 2 N–H and O–H groups in total. The third kappa shape index (κ3) is 4.49. The molecule has 1 aromatic heterocycles. The van der Waals surface area contributed by atoms with Gasteiger partial charge in [-0.25, -0.2) is 4.79 Å². The van der Waals surface area contributed by atoms with E-state index in [-0.39, 0.29) is 6.54 Å². The lowest BCUT2D eigenvalue weighted by molar-refractivity contribution is -0.657. The van der Waals surface area contributed by atoms with E-state index in [2.05, 4.69) is 66.0 Å². The van der Waals surface area contributed by atoms with Crippen LogP contribution >= 0.6 is 11.3 Å². The van der Waals surface area contributed by atoms with Crippen molar-refractivity contribution < 1.29 is 14.5 Å². The zero-order valence-corrected chi connectivity index (χ0v) is 19.0. The number of rotatable bonds is 6. The fourth-order valence-electron chi connectivity index (χ4n) is 4.03. The predicted octanol–water partition coefficient (Wildman–Crippen LogP) is 6.57. The standard InChI is InChI=1S/C28H22N2O2S/c1-19(29-24-13-11-21-9-5-6-10-22(21)16-24)15-27-30(18-28(31)32)25-17-23(12-14-26(25)33-27)20-7-3-2-4-8-20/h2-17H,18H2,1H3,(H,31,32)/p+1. The largest absolute Gasteiger partial charge is 0.477 e. The van der Waals surface area contributed by atoms with Gasteiger partial charge in [-0.1, -0.05) is 78.1 Å². The van der Waals surface area contributed by atoms with E-state index in [0.717, 1.165) is 37.7 Å². The fourth-order valence-corrected chi connectivity index (χ4v) is 5.18. The maximum Gasteiger partial charge on any atom is 0.370 e. The number of benzene rings is 4. The van der Waals surface area contributed by atoms with Gasteiger partial charge in [0.25, 0.3) is 5.01 Å². The molecule has 162 valence electrons. The molecule has 4 nitrogen and oxygen atoms in total. The van der Waals surface area contributed by atoms with Gasteiger partial charge in [0, 0.05) is 23.5 Å². The smallest absolute Gasteiger partial charge is 0.370 e. The van der Waals surface area contributed by atoms with Gasteiger partial charge in [-0.2, -0.15) is 4.57 Å². The van der Waals surface area contributed by atoms with Gasteiger partial charge >= 0.3 is 5.97 Å². The van der Waals surface area contributed by atoms with Crippen molar-refractivity contribution in [1.29, 1.82) is 0 Å². The minimum Gasteiger partial charge on any atom is -0.477 e. The van der Waals surface area contributed by atoms with Gasteiger partial charge in [0.1, 0.15) is 4.70 Å². The van der Waals surface area contributed by atoms with Crippen molar-refractivity contribution >= 4 is 50.1 Å². The summed E-state index contributed by atoms with van der Waals surface area (Å²) in [6.07, 6.45) is 2.02. The van der Waals surface area contributed by atoms with Gasteiger partial charge in [-0.15, -0.1) is 0 Å². The molecule has 0 radical (unpaired) electrons. The molecule has 0 aliphatic heterocycles. The van der Waals surface area contributed by atoms with Crippen LogP contribution in [-0.4, -0.2) is 11.1 Å². The van der Waals surface area contributed by atoms with E-state index in [0.29, 0.717) is 0 Å². The Hall–Kier alpha value is -3.96. The first-order chi connectivity index (χ1) is 16.1. The van der Waals surface area contributed by atoms with E-state index >= 15 is 0 Å². The van der Waals surface area contributed by atoms with E-state index in [4.69, 9.17) is 0 Å². The molecular formula is C28H23N2O2S+. The van der Waals surface area contributed by atoms with Crippen molar-refractivity contribution in [2.45, 2.75) is 13.5 Å². The van der Waals surface area contributed by atoms with E-state index in [1.54, 1.807) is 11.3 Å². The molecule has 0 unspecified atom stereocenters. The molecule has 5 aromatic rings. The van der Waals surface area contributed by atoms with Crippen molar-refractivity contribution in [3.63, 3.8) is 0 Å². The van der Waals surface area contributed by atoms with Gasteiger partial charge < -0.3 is 10.4 Å². The second-order valence-corrected chi connectivity index (χ2v) is 9.05. The quantitative estimate of drug-likeness (QED) is 0.287. The summed E-state index contributed by atoms with van der Waals surface area (Å²) < 4.78 is 2.93. The van der Waals surface area contributed by atoms with Crippen LogP contribution in [0.15, 0.2) is 96.7 Å². The lowest BCUT2D eigenvalue weighted by Crippen LogP contribution is -2.39. The van der Waals surface area contributed by atoms with E-state index in [1.165, 1.54) is 10.8 Å². The Bertz CT molecular complexity index is 1500. The third-order valence-electron chi connectivity index (χ3n) is 5.56. The Morgan fingerprint density at radius 1 is 0.909 bits per heavy atom. The van der Waals surface area contributed by atoms with Crippen LogP contribution in [0.25, 0.3) is 38.2 Å². The number of nitrogens with one attached hydrogen (secondary N) is 1. The number of hydrogen-bond acceptors (Lipinski definition) is 3. The van der Waals surface area contributed by atoms with Crippen LogP contribution in [0.1, 0.15) is 11.9 Å². The SMILES string of the molecule is C/C(=C/c1sc2ccc(-c3ccccc3)cc2[n+]1CC(=O)O)Nc1ccc2ccccc2c1. The summed E-state index contributed by atoms with van der Waals surface area (Å²) in [7, 11) is 0. The molecule has 0 spiro atoms. The highest BCUT2D eigenvalue weighted by atomic mass is 32.1. The summed E-state index contributed by atoms with van der Waals surface area (Å²) in [4.78, 5) is 11.7. The number of carboxylic acid groups (broad SMARTS) is 1. The highest BCUT2D eigenvalue weighted by Crippen LogP contribution is 2.28. The second kappa shape index (κ2) is 8.88. The number of aliphatic carboxylic acids is 1. The first-order valence-corrected chi connectivity index (χ1v) is 11.6. The zero-order chi connectivity index (χ0) is 22.8. The van der Waals surface area contributed by atoms with Crippen molar-refractivity contribution in [3.05, 3.63) is 102 Å². The van der Waals surface area contributed by atoms with E-state index in [9.17, 15) is 9.90 Å². The van der Waals surface area contributed by atoms with Crippen LogP contribution in [0.3, 0.4) is 0 Å². The normalized spacial score (nSPS) is 11.7. The van der Waals surface area contributed by atoms with Crippen LogP contribution in [0, 0.1) is 0 Å². The number of carboxylic acids is 1. The Kier molecular flexibility index (Phi) is 5.63. The van der Waals surface area contributed by atoms with Crippen LogP contribution in [0.4, 0.5) is 5.69 Å². The Morgan fingerprint density at radius 2 is 1.67 bits per heavy atom. The number of anilines is 1. The predicted molar refractivity (Wildman–Crippen MR) is 136 cm³/mol. The summed E-state index contributed by atoms with van der Waals surface area (Å²) >= 11 is 1.59. The Labute approximate surface area is 196 Å². The summed E-state index contributed by atoms with van der Waals surface area (Å²) in [6, 6.07) is 30.9. The molecule has 0 aliphatic carbocycles. The monoisotopic (exact) mass is 451 g/mol. The Balaban J connectivity index is 1.52. The molecule has 0 fully saturated rings. The minimum absolute atomic E-state index is 0.0899. The summed E-state index contributed by atoms with van der Waals surface area (Å²) in [5, 5.41) is 16.3. The number of nitrogens with zero attached hydrogens (tertiary/aromatic N) is 1. The van der Waals surface area contributed by atoms with Gasteiger partial charge in [0.15, 0.2) is 0 Å². The van der Waals surface area contributed by atoms with Crippen LogP contribution in [-0.2, 0) is 11.3 Å². The van der Waals surface area contributed by atoms with E-state index < -0.39 is 5.97 Å². The van der Waals surface area contributed by atoms with Crippen LogP contribution in [0.2, 0.25) is 0 Å². The first-order valence-electron chi connectivity index (χ1n) is 10.7. The molecule has 1 heterocycles. The second-order valence-electron chi connectivity index (χ2n) is 7.98. The molecule has 0 bridgehead atoms. The van der Waals surface area contributed by atoms with Gasteiger partial charge in [-0.05, 0) is 47.0 Å². The number of carbonyl (C=O) groups is 1. The molecule has 0 atom stereocenters. The highest BCUT2D eigenvalue weighted by molar-refractivity contribution is 7.18. The molecule has 33 heavy (non-hydrogen) atoms. The van der Waals surface area contributed by atoms with Crippen molar-refractivity contribution in [1.82, 2.24) is 0 Å². The van der Waals surface area contributed by atoms with Gasteiger partial charge in [0.05, 0.1) is 0 Å². The summed E-state index contributed by atoms with van der Waals surface area (Å²) in [5.41, 5.74) is 5.05. The topological polar surface area (TPSA) is 53.2 Å². The average molecular weight is 452 g/mol. The number of allylic oxidation sites excluding steroid dienone is 1. The van der Waals surface area contributed by atoms with Crippen molar-refractivity contribution in [2.75, 3.05) is 5.32 Å². The third-order valence-corrected chi connectivity index (χ3v) is 6.67. The first kappa shape index (κ1) is 20.9. The Morgan fingerprint density at radius 3 is 2.45 bits per heavy atom. The van der Waals surface area contributed by atoms with Gasteiger partial charge in [-0.3, -0.25) is 0 Å². The van der Waals surface area contributed by atoms with Crippen LogP contribution in [0.5, 0.6) is 0 Å². The maximum atomic E-state index is 11.7. The molecule has 0 aliphatic rings. The highest BCUT2D eigenvalue weighted by Gasteiger charge is 2.22. The summed E-state index contributed by atoms with van der Waals surface area (Å²) in [5.74, 6) is -0.861. The minimum atomic E-state index is -0.861. The average Bonchev–Trinajstić information content (AvgIpc) is 3.15. The number of fused-ring (bicyclic) bond motifs is 2. The van der Waals surface area contributed by atoms with Gasteiger partial charge in [0.2, 0.25) is 12.1 Å². The molecule has 4 aromatic carbocycles. The molecular weight excluding hydrogens is 428 g/mol. The molecule has 5 rings (SSSR count). The lowest BCUT2D eigenvalue weighted by atomic mass is 10.1. The molecule has 5 heteroatoms. The van der Waals surface area contributed by atoms with E-state index in [1.807, 2.05) is 47.9 Å². The van der Waals surface area contributed by atoms with Crippen molar-refractivity contribution in [3.8, 4) is 11.1 Å². The van der Waals surface area contributed by atoms with Crippen LogP contribution < -0.4 is 9.88 Å². The molecule has 0 saturated carbocycles. The summed E-state index contributed by atoms with van der Waals surface area (Å²) in [6.45, 7) is 1.91. The molecule has 0 saturated heterocycles. The lowest BCUT2D eigenvalue weighted by Gasteiger charge is -2.07. The molecule has 0 amide bonds. The fraction of sp³-hybridized carbons (Fsp3) is 0.0714. The number of hydrogen-bond donors (Lipinski definition) is 2. The maximum absolute atomic E-state index is 11.7. The number of thiazole rings is 1. The number of aromatic nitrogens is 1.